The number of likely N-dealkylation sites (tertiary alicyclic amines) is 1. The molecule has 5 aromatic rings. The number of amides is 2. The lowest BCUT2D eigenvalue weighted by atomic mass is 10.0. The lowest BCUT2D eigenvalue weighted by molar-refractivity contribution is -0.138. The van der Waals surface area contributed by atoms with Crippen LogP contribution in [0.5, 0.6) is 0 Å². The maximum absolute atomic E-state index is 14.0. The van der Waals surface area contributed by atoms with Crippen LogP contribution in [0.1, 0.15) is 19.8 Å². The second kappa shape index (κ2) is 9.05. The minimum Gasteiger partial charge on any atom is -0.383 e. The van der Waals surface area contributed by atoms with Crippen LogP contribution in [0.3, 0.4) is 0 Å². The number of rotatable bonds is 5. The topological polar surface area (TPSA) is 145 Å². The fourth-order valence-corrected chi connectivity index (χ4v) is 6.24. The van der Waals surface area contributed by atoms with Crippen LogP contribution in [0.15, 0.2) is 65.8 Å². The van der Waals surface area contributed by atoms with Gasteiger partial charge in [-0.25, -0.2) is 19.9 Å². The number of carbonyl (C=O) groups is 2. The molecule has 0 bridgehead atoms. The van der Waals surface area contributed by atoms with Gasteiger partial charge in [-0.05, 0) is 70.6 Å². The lowest BCUT2D eigenvalue weighted by Crippen LogP contribution is -2.46. The first-order chi connectivity index (χ1) is 19.3. The Morgan fingerprint density at radius 1 is 1.10 bits per heavy atom. The van der Waals surface area contributed by atoms with Crippen molar-refractivity contribution in [2.45, 2.75) is 38.4 Å². The minimum absolute atomic E-state index is 0.00965. The van der Waals surface area contributed by atoms with Crippen molar-refractivity contribution in [1.29, 1.82) is 0 Å². The van der Waals surface area contributed by atoms with Gasteiger partial charge in [-0.15, -0.1) is 0 Å². The summed E-state index contributed by atoms with van der Waals surface area (Å²) < 4.78 is 2.44. The maximum atomic E-state index is 14.0. The fraction of sp³-hybridized carbons (Fsp3) is 0.250. The Labute approximate surface area is 237 Å². The third kappa shape index (κ3) is 3.98. The van der Waals surface area contributed by atoms with Gasteiger partial charge >= 0.3 is 0 Å². The van der Waals surface area contributed by atoms with E-state index < -0.39 is 6.04 Å². The second-order valence-corrected chi connectivity index (χ2v) is 11.4. The Hall–Kier alpha value is -4.45. The summed E-state index contributed by atoms with van der Waals surface area (Å²) in [6.07, 6.45) is 6.28. The van der Waals surface area contributed by atoms with E-state index in [1.807, 2.05) is 28.8 Å². The zero-order chi connectivity index (χ0) is 27.6. The van der Waals surface area contributed by atoms with E-state index in [1.165, 1.54) is 6.33 Å². The molecule has 2 fully saturated rings. The smallest absolute Gasteiger partial charge is 0.248 e. The first-order valence-electron chi connectivity index (χ1n) is 12.9. The highest BCUT2D eigenvalue weighted by atomic mass is 79.9. The number of carbonyl (C=O) groups excluding carboxylic acids is 2. The Morgan fingerprint density at radius 3 is 2.73 bits per heavy atom. The predicted octanol–water partition coefficient (Wildman–Crippen LogP) is 3.80. The fourth-order valence-electron chi connectivity index (χ4n) is 5.90. The van der Waals surface area contributed by atoms with Gasteiger partial charge in [0.2, 0.25) is 11.8 Å². The number of piperidine rings is 1. The number of nitrogen functional groups attached to an aromatic ring is 1. The molecule has 5 aromatic heterocycles. The Morgan fingerprint density at radius 2 is 1.93 bits per heavy atom. The molecule has 3 N–H and O–H groups in total. The molecule has 200 valence electrons. The van der Waals surface area contributed by atoms with Gasteiger partial charge in [0, 0.05) is 24.0 Å². The van der Waals surface area contributed by atoms with Crippen LogP contribution in [-0.2, 0) is 16.1 Å². The molecule has 0 aromatic carbocycles. The van der Waals surface area contributed by atoms with E-state index >= 15 is 0 Å². The van der Waals surface area contributed by atoms with Crippen molar-refractivity contribution >= 4 is 61.4 Å². The highest BCUT2D eigenvalue weighted by Gasteiger charge is 2.64. The van der Waals surface area contributed by atoms with Crippen molar-refractivity contribution in [2.75, 3.05) is 11.1 Å². The molecule has 2 aliphatic rings. The highest BCUT2D eigenvalue weighted by Crippen LogP contribution is 2.59. The summed E-state index contributed by atoms with van der Waals surface area (Å²) in [7, 11) is 0. The number of hydrogen-bond acceptors (Lipinski definition) is 8. The van der Waals surface area contributed by atoms with E-state index in [1.54, 1.807) is 35.5 Å². The van der Waals surface area contributed by atoms with E-state index in [2.05, 4.69) is 48.1 Å². The summed E-state index contributed by atoms with van der Waals surface area (Å²) in [5.41, 5.74) is 9.72. The molecule has 7 rings (SSSR count). The molecule has 11 nitrogen and oxygen atoms in total. The predicted molar refractivity (Wildman–Crippen MR) is 153 cm³/mol. The largest absolute Gasteiger partial charge is 0.383 e. The van der Waals surface area contributed by atoms with Crippen LogP contribution in [0.2, 0.25) is 0 Å². The summed E-state index contributed by atoms with van der Waals surface area (Å²) in [5, 5.41) is 3.47. The Balaban J connectivity index is 1.24. The van der Waals surface area contributed by atoms with Crippen molar-refractivity contribution in [3.63, 3.8) is 0 Å². The van der Waals surface area contributed by atoms with E-state index in [9.17, 15) is 9.59 Å². The van der Waals surface area contributed by atoms with Crippen molar-refractivity contribution < 1.29 is 9.59 Å². The third-order valence-electron chi connectivity index (χ3n) is 7.98. The van der Waals surface area contributed by atoms with Crippen LogP contribution in [0.4, 0.5) is 11.6 Å². The van der Waals surface area contributed by atoms with Crippen LogP contribution >= 0.6 is 15.9 Å². The average Bonchev–Trinajstić information content (AvgIpc) is 3.35. The molecule has 1 saturated carbocycles. The third-order valence-corrected chi connectivity index (χ3v) is 8.42. The normalized spacial score (nSPS) is 21.5. The Kier molecular flexibility index (Phi) is 5.56. The first-order valence-corrected chi connectivity index (χ1v) is 13.7. The summed E-state index contributed by atoms with van der Waals surface area (Å²) in [6, 6.07) is 12.3. The van der Waals surface area contributed by atoms with Gasteiger partial charge in [0.1, 0.15) is 46.3 Å². The molecule has 2 amide bonds. The van der Waals surface area contributed by atoms with Crippen LogP contribution in [0, 0.1) is 5.41 Å². The molecule has 0 radical (unpaired) electrons. The molecule has 6 heterocycles. The molecule has 1 saturated heterocycles. The van der Waals surface area contributed by atoms with Gasteiger partial charge in [0.25, 0.3) is 0 Å². The lowest BCUT2D eigenvalue weighted by Gasteiger charge is -2.27. The van der Waals surface area contributed by atoms with E-state index in [0.717, 1.165) is 17.7 Å². The monoisotopic (exact) mass is 597 g/mol. The number of nitrogens with zero attached hydrogens (tertiary/aromatic N) is 7. The molecule has 12 heteroatoms. The van der Waals surface area contributed by atoms with Crippen molar-refractivity contribution in [2.24, 2.45) is 5.41 Å². The van der Waals surface area contributed by atoms with Crippen molar-refractivity contribution in [3.8, 4) is 11.3 Å². The number of halogens is 1. The van der Waals surface area contributed by atoms with Gasteiger partial charge in [0.15, 0.2) is 0 Å². The molecule has 1 aliphatic carbocycles. The number of aromatic nitrogens is 6. The van der Waals surface area contributed by atoms with Crippen LogP contribution < -0.4 is 11.1 Å². The van der Waals surface area contributed by atoms with Crippen molar-refractivity contribution in [3.05, 3.63) is 65.8 Å². The number of anilines is 2. The van der Waals surface area contributed by atoms with Crippen LogP contribution in [0.25, 0.3) is 33.3 Å². The quantitative estimate of drug-likeness (QED) is 0.291. The Bertz CT molecular complexity index is 1830. The summed E-state index contributed by atoms with van der Waals surface area (Å²) in [6.45, 7) is 2.11. The van der Waals surface area contributed by atoms with Crippen molar-refractivity contribution in [1.82, 2.24) is 34.4 Å². The maximum Gasteiger partial charge on any atom is 0.248 e. The molecule has 0 unspecified atom stereocenters. The zero-order valence-electron chi connectivity index (χ0n) is 21.5. The molecular formula is C28H24BrN9O2. The second-order valence-electron chi connectivity index (χ2n) is 10.6. The highest BCUT2D eigenvalue weighted by molar-refractivity contribution is 9.10. The van der Waals surface area contributed by atoms with Crippen LogP contribution in [-0.4, -0.2) is 58.3 Å². The number of pyridine rings is 3. The summed E-state index contributed by atoms with van der Waals surface area (Å²) >= 11 is 3.33. The number of fused-ring (bicyclic) bond motifs is 4. The SMILES string of the molecule is C[C@@]12C[C@@H](C(=O)Nc3cccc(Br)n3)N(C(=O)Cn3c4ccc(-c5ccncc5)nc4c4c(N)ncnc43)[C@@H]1C2. The standard InChI is InChI=1S/C28H24BrN9O2/c1-28-11-18(27(40)36-21-4-2-3-20(29)35-21)38(19(28)12-28)22(39)13-37-17-6-5-16(15-7-9-31-10-8-15)34-24(17)23-25(30)32-14-33-26(23)37/h2-10,14,18-19H,11-13H2,1H3,(H2,30,32,33)(H,35,36,40)/t18-,19+,28-/m0/s1. The molecule has 0 spiro atoms. The van der Waals surface area contributed by atoms with Gasteiger partial charge in [-0.1, -0.05) is 13.0 Å². The molecule has 1 aliphatic heterocycles. The number of nitrogens with two attached hydrogens (primary N) is 1. The van der Waals surface area contributed by atoms with Gasteiger partial charge < -0.3 is 20.5 Å². The zero-order valence-corrected chi connectivity index (χ0v) is 23.0. The number of hydrogen-bond donors (Lipinski definition) is 2. The number of nitrogens with one attached hydrogen (secondary N) is 1. The first kappa shape index (κ1) is 24.6. The molecule has 3 atom stereocenters. The van der Waals surface area contributed by atoms with Gasteiger partial charge in [-0.2, -0.15) is 0 Å². The van der Waals surface area contributed by atoms with E-state index in [0.29, 0.717) is 38.9 Å². The summed E-state index contributed by atoms with van der Waals surface area (Å²) in [4.78, 5) is 51.0. The summed E-state index contributed by atoms with van der Waals surface area (Å²) in [5.74, 6) is 0.311. The van der Waals surface area contributed by atoms with Gasteiger partial charge in [0.05, 0.1) is 16.6 Å². The average molecular weight is 598 g/mol. The van der Waals surface area contributed by atoms with Gasteiger partial charge in [-0.3, -0.25) is 14.6 Å². The minimum atomic E-state index is -0.596. The van der Waals surface area contributed by atoms with E-state index in [-0.39, 0.29) is 35.6 Å². The molecule has 40 heavy (non-hydrogen) atoms. The molecular weight excluding hydrogens is 574 g/mol. The van der Waals surface area contributed by atoms with E-state index in [4.69, 9.17) is 10.7 Å².